The zero-order valence-electron chi connectivity index (χ0n) is 7.03. The Morgan fingerprint density at radius 3 is 2.67 bits per heavy atom. The summed E-state index contributed by atoms with van der Waals surface area (Å²) in [6.07, 6.45) is -2.19. The van der Waals surface area contributed by atoms with Crippen LogP contribution in [0.2, 0.25) is 6.04 Å². The summed E-state index contributed by atoms with van der Waals surface area (Å²) in [5, 5.41) is 0. The summed E-state index contributed by atoms with van der Waals surface area (Å²) in [6.45, 7) is 0.888. The summed E-state index contributed by atoms with van der Waals surface area (Å²) >= 11 is 0. The van der Waals surface area contributed by atoms with Gasteiger partial charge in [0.1, 0.15) is 6.10 Å². The van der Waals surface area contributed by atoms with E-state index in [2.05, 4.69) is 0 Å². The van der Waals surface area contributed by atoms with Gasteiger partial charge in [-0.2, -0.15) is 0 Å². The van der Waals surface area contributed by atoms with Crippen LogP contribution in [-0.2, 0) is 4.43 Å². The molecule has 0 bridgehead atoms. The molecule has 0 radical (unpaired) electrons. The summed E-state index contributed by atoms with van der Waals surface area (Å²) in [4.78, 5) is 0. The lowest BCUT2D eigenvalue weighted by Gasteiger charge is -2.31. The molecule has 2 atom stereocenters. The van der Waals surface area contributed by atoms with Crippen molar-refractivity contribution in [1.82, 2.24) is 0 Å². The molecule has 1 heterocycles. The lowest BCUT2D eigenvalue weighted by Crippen LogP contribution is -2.44. The van der Waals surface area contributed by atoms with Crippen molar-refractivity contribution in [3.8, 4) is 0 Å². The Hall–Kier alpha value is -0.0331. The third-order valence-corrected chi connectivity index (χ3v) is 3.57. The van der Waals surface area contributed by atoms with E-state index in [4.69, 9.17) is 4.43 Å². The van der Waals surface area contributed by atoms with Crippen LogP contribution in [0, 0.1) is 0 Å². The predicted octanol–water partition coefficient (Wildman–Crippen LogP) is 1.66. The van der Waals surface area contributed by atoms with Crippen molar-refractivity contribution < 1.29 is 17.6 Å². The van der Waals surface area contributed by atoms with Crippen LogP contribution in [0.3, 0.4) is 0 Å². The normalized spacial score (nSPS) is 30.5. The first-order valence-corrected chi connectivity index (χ1v) is 5.76. The van der Waals surface area contributed by atoms with Gasteiger partial charge in [0.2, 0.25) is 0 Å². The second-order valence-corrected chi connectivity index (χ2v) is 4.59. The summed E-state index contributed by atoms with van der Waals surface area (Å²) in [7, 11) is -0.797. The zero-order valence-corrected chi connectivity index (χ0v) is 8.44. The molecule has 0 aromatic carbocycles. The van der Waals surface area contributed by atoms with Gasteiger partial charge in [0.05, 0.1) is 0 Å². The van der Waals surface area contributed by atoms with Gasteiger partial charge in [-0.15, -0.1) is 0 Å². The zero-order chi connectivity index (χ0) is 9.19. The Balaban J connectivity index is 2.53. The molecule has 5 heteroatoms. The number of alkyl halides is 3. The van der Waals surface area contributed by atoms with Gasteiger partial charge in [0.25, 0.3) is 0 Å². The molecule has 0 aromatic rings. The molecule has 0 aromatic heterocycles. The minimum absolute atomic E-state index is 0.300. The third-order valence-electron chi connectivity index (χ3n) is 2.14. The number of halogens is 3. The molecule has 12 heavy (non-hydrogen) atoms. The van der Waals surface area contributed by atoms with E-state index in [9.17, 15) is 13.2 Å². The fraction of sp³-hybridized carbons (Fsp3) is 1.00. The molecule has 1 aliphatic rings. The van der Waals surface area contributed by atoms with Crippen molar-refractivity contribution in [2.75, 3.05) is 0 Å². The smallest absolute Gasteiger partial charge is 0.302 e. The molecule has 1 saturated heterocycles. The monoisotopic (exact) mass is 198 g/mol. The van der Waals surface area contributed by atoms with Crippen molar-refractivity contribution in [3.63, 3.8) is 0 Å². The van der Waals surface area contributed by atoms with Crippen LogP contribution < -0.4 is 0 Å². The van der Waals surface area contributed by atoms with Gasteiger partial charge in [-0.25, -0.2) is 13.2 Å². The highest BCUT2D eigenvalue weighted by Crippen LogP contribution is 2.32. The molecular weight excluding hydrogens is 185 g/mol. The summed E-state index contributed by atoms with van der Waals surface area (Å²) in [5.74, 6) is -3.28. The molecule has 0 amide bonds. The average molecular weight is 198 g/mol. The molecule has 1 nitrogen and oxygen atoms in total. The van der Waals surface area contributed by atoms with Gasteiger partial charge in [0, 0.05) is 0 Å². The van der Waals surface area contributed by atoms with Gasteiger partial charge in [-0.1, -0.05) is 6.42 Å². The first-order valence-electron chi connectivity index (χ1n) is 4.18. The van der Waals surface area contributed by atoms with Gasteiger partial charge in [-0.05, 0) is 19.4 Å². The summed E-state index contributed by atoms with van der Waals surface area (Å²) < 4.78 is 43.3. The molecule has 2 unspecified atom stereocenters. The van der Waals surface area contributed by atoms with Crippen molar-refractivity contribution in [1.29, 1.82) is 0 Å². The van der Waals surface area contributed by atoms with E-state index in [1.54, 1.807) is 0 Å². The van der Waals surface area contributed by atoms with Gasteiger partial charge in [0.15, 0.2) is 15.9 Å². The fourth-order valence-electron chi connectivity index (χ4n) is 1.30. The number of hydrogen-bond donors (Lipinski definition) is 0. The number of hydrogen-bond acceptors (Lipinski definition) is 1. The highest BCUT2D eigenvalue weighted by Gasteiger charge is 2.46. The highest BCUT2D eigenvalue weighted by molar-refractivity contribution is 6.27. The van der Waals surface area contributed by atoms with Crippen LogP contribution in [0.1, 0.15) is 19.8 Å². The molecule has 72 valence electrons. The van der Waals surface area contributed by atoms with E-state index in [1.807, 2.05) is 0 Å². The lowest BCUT2D eigenvalue weighted by molar-refractivity contribution is -0.144. The molecule has 1 fully saturated rings. The van der Waals surface area contributed by atoms with Crippen molar-refractivity contribution in [2.24, 2.45) is 0 Å². The van der Waals surface area contributed by atoms with E-state index >= 15 is 0 Å². The average Bonchev–Trinajstić information content (AvgIpc) is 2.06. The predicted molar refractivity (Wildman–Crippen MR) is 43.0 cm³/mol. The standard InChI is InChI=1S/C7H13F3OSi/c1-5(8)7(9,10)6-3-2-4-12-11-6/h5-6H,2-4,12H2,1H3. The molecular formula is C7H13F3OSi. The molecule has 1 rings (SSSR count). The van der Waals surface area contributed by atoms with Crippen molar-refractivity contribution >= 4 is 9.76 Å². The van der Waals surface area contributed by atoms with E-state index in [0.29, 0.717) is 6.42 Å². The Morgan fingerprint density at radius 2 is 2.25 bits per heavy atom. The van der Waals surface area contributed by atoms with E-state index in [0.717, 1.165) is 19.4 Å². The maximum Gasteiger partial charge on any atom is 0.302 e. The van der Waals surface area contributed by atoms with Crippen molar-refractivity contribution in [3.05, 3.63) is 0 Å². The van der Waals surface area contributed by atoms with Crippen LogP contribution >= 0.6 is 0 Å². The molecule has 0 aliphatic carbocycles. The first-order chi connectivity index (χ1) is 5.55. The SMILES string of the molecule is CC(F)C(F)(F)C1CCC[SiH2]O1. The molecule has 0 spiro atoms. The van der Waals surface area contributed by atoms with E-state index < -0.39 is 28.0 Å². The second-order valence-electron chi connectivity index (χ2n) is 3.15. The Kier molecular flexibility index (Phi) is 3.17. The molecule has 0 N–H and O–H groups in total. The Labute approximate surface area is 72.2 Å². The highest BCUT2D eigenvalue weighted by atomic mass is 28.2. The molecule has 0 saturated carbocycles. The second kappa shape index (κ2) is 3.78. The minimum atomic E-state index is -3.28. The molecule has 1 aliphatic heterocycles. The van der Waals surface area contributed by atoms with Gasteiger partial charge < -0.3 is 4.43 Å². The topological polar surface area (TPSA) is 9.23 Å². The van der Waals surface area contributed by atoms with Crippen LogP contribution in [0.5, 0.6) is 0 Å². The first kappa shape index (κ1) is 10.1. The largest absolute Gasteiger partial charge is 0.415 e. The lowest BCUT2D eigenvalue weighted by atomic mass is 10.0. The van der Waals surface area contributed by atoms with Crippen molar-refractivity contribution in [2.45, 2.75) is 44.0 Å². The number of rotatable bonds is 2. The maximum atomic E-state index is 13.0. The Bertz CT molecular complexity index is 146. The Morgan fingerprint density at radius 1 is 1.58 bits per heavy atom. The van der Waals surface area contributed by atoms with E-state index in [-0.39, 0.29) is 0 Å². The van der Waals surface area contributed by atoms with Gasteiger partial charge >= 0.3 is 5.92 Å². The van der Waals surface area contributed by atoms with Crippen LogP contribution in [-0.4, -0.2) is 28.0 Å². The minimum Gasteiger partial charge on any atom is -0.415 e. The van der Waals surface area contributed by atoms with Crippen LogP contribution in [0.4, 0.5) is 13.2 Å². The summed E-state index contributed by atoms with van der Waals surface area (Å²) in [5.41, 5.74) is 0. The van der Waals surface area contributed by atoms with Crippen LogP contribution in [0.25, 0.3) is 0 Å². The fourth-order valence-corrected chi connectivity index (χ4v) is 2.63. The summed E-state index contributed by atoms with van der Waals surface area (Å²) in [6, 6.07) is 0.938. The van der Waals surface area contributed by atoms with Gasteiger partial charge in [-0.3, -0.25) is 0 Å². The quantitative estimate of drug-likeness (QED) is 0.613. The van der Waals surface area contributed by atoms with E-state index in [1.165, 1.54) is 0 Å². The third kappa shape index (κ3) is 2.01. The maximum absolute atomic E-state index is 13.0. The van der Waals surface area contributed by atoms with Crippen LogP contribution in [0.15, 0.2) is 0 Å².